The van der Waals surface area contributed by atoms with E-state index in [0.717, 1.165) is 15.9 Å². The van der Waals surface area contributed by atoms with Gasteiger partial charge in [0.2, 0.25) is 5.91 Å². The van der Waals surface area contributed by atoms with Gasteiger partial charge in [-0.05, 0) is 50.2 Å². The first-order chi connectivity index (χ1) is 17.1. The van der Waals surface area contributed by atoms with Crippen molar-refractivity contribution in [3.05, 3.63) is 88.0 Å². The van der Waals surface area contributed by atoms with Crippen LogP contribution >= 0.6 is 0 Å². The largest absolute Gasteiger partial charge is 0.497 e. The Balaban J connectivity index is 1.97. The van der Waals surface area contributed by atoms with Crippen molar-refractivity contribution in [1.29, 1.82) is 0 Å². The van der Waals surface area contributed by atoms with Crippen molar-refractivity contribution in [2.75, 3.05) is 25.1 Å². The molecule has 0 spiro atoms. The molecule has 0 heterocycles. The Morgan fingerprint density at radius 3 is 2.33 bits per heavy atom. The van der Waals surface area contributed by atoms with Gasteiger partial charge in [0.15, 0.2) is 0 Å². The van der Waals surface area contributed by atoms with Crippen LogP contribution in [0, 0.1) is 17.0 Å². The predicted molar refractivity (Wildman–Crippen MR) is 135 cm³/mol. The Hall–Kier alpha value is -4.12. The predicted octanol–water partition coefficient (Wildman–Crippen LogP) is 3.99. The summed E-state index contributed by atoms with van der Waals surface area (Å²) in [6.45, 7) is 2.71. The van der Waals surface area contributed by atoms with Crippen molar-refractivity contribution in [3.63, 3.8) is 0 Å². The maximum Gasteiger partial charge on any atom is 0.273 e. The lowest BCUT2D eigenvalue weighted by atomic mass is 10.1. The topological polar surface area (TPSA) is 128 Å². The molecule has 1 atom stereocenters. The van der Waals surface area contributed by atoms with E-state index in [1.807, 2.05) is 0 Å². The van der Waals surface area contributed by atoms with Crippen LogP contribution in [-0.4, -0.2) is 40.0 Å². The van der Waals surface area contributed by atoms with Crippen molar-refractivity contribution in [3.8, 4) is 11.5 Å². The van der Waals surface area contributed by atoms with E-state index in [0.29, 0.717) is 17.1 Å². The number of ether oxygens (including phenoxy) is 2. The van der Waals surface area contributed by atoms with E-state index in [-0.39, 0.29) is 16.3 Å². The molecule has 1 N–H and O–H groups in total. The summed E-state index contributed by atoms with van der Waals surface area (Å²) in [4.78, 5) is 23.5. The lowest BCUT2D eigenvalue weighted by Gasteiger charge is -2.25. The Labute approximate surface area is 209 Å². The molecule has 11 heteroatoms. The fourth-order valence-corrected chi connectivity index (χ4v) is 5.10. The minimum atomic E-state index is -4.35. The second-order valence-electron chi connectivity index (χ2n) is 7.95. The third-order valence-corrected chi connectivity index (χ3v) is 7.37. The summed E-state index contributed by atoms with van der Waals surface area (Å²) in [5, 5.41) is 14.2. The lowest BCUT2D eigenvalue weighted by molar-refractivity contribution is -0.385. The van der Waals surface area contributed by atoms with Crippen LogP contribution in [0.3, 0.4) is 0 Å². The molecule has 0 aliphatic heterocycles. The van der Waals surface area contributed by atoms with Crippen LogP contribution in [0.2, 0.25) is 0 Å². The van der Waals surface area contributed by atoms with Crippen LogP contribution in [0.25, 0.3) is 0 Å². The highest BCUT2D eigenvalue weighted by molar-refractivity contribution is 7.92. The number of aryl methyl sites for hydroxylation is 1. The molecule has 0 saturated carbocycles. The van der Waals surface area contributed by atoms with Gasteiger partial charge in [-0.1, -0.05) is 24.3 Å². The summed E-state index contributed by atoms with van der Waals surface area (Å²) in [7, 11) is -1.36. The molecular weight excluding hydrogens is 486 g/mol. The quantitative estimate of drug-likeness (QED) is 0.321. The van der Waals surface area contributed by atoms with Crippen LogP contribution in [0.4, 0.5) is 11.4 Å². The van der Waals surface area contributed by atoms with E-state index in [1.54, 1.807) is 43.3 Å². The number of carbonyl (C=O) groups excluding carboxylic acids is 1. The highest BCUT2D eigenvalue weighted by Gasteiger charge is 2.30. The summed E-state index contributed by atoms with van der Waals surface area (Å²) in [6.07, 6.45) is 0. The van der Waals surface area contributed by atoms with Crippen LogP contribution < -0.4 is 19.1 Å². The standard InChI is InChI=1S/C25H27N3O7S/c1-17-9-14-21(15-23(17)28(30)31)36(32,33)27(19-10-12-20(34-3)13-11-19)16-25(29)26-18(2)22-7-5-6-8-24(22)35-4/h5-15,18H,16H2,1-4H3,(H,26,29)/t18-/m0/s1. The van der Waals surface area contributed by atoms with Crippen molar-refractivity contribution >= 4 is 27.3 Å². The second-order valence-corrected chi connectivity index (χ2v) is 9.81. The number of hydrogen-bond acceptors (Lipinski definition) is 7. The van der Waals surface area contributed by atoms with Gasteiger partial charge in [-0.25, -0.2) is 8.42 Å². The number of para-hydroxylation sites is 1. The van der Waals surface area contributed by atoms with Gasteiger partial charge in [-0.15, -0.1) is 0 Å². The third-order valence-electron chi connectivity index (χ3n) is 5.60. The molecule has 0 aromatic heterocycles. The van der Waals surface area contributed by atoms with Gasteiger partial charge in [-0.3, -0.25) is 19.2 Å². The molecule has 1 amide bonds. The third kappa shape index (κ3) is 5.74. The van der Waals surface area contributed by atoms with E-state index in [1.165, 1.54) is 45.4 Å². The molecule has 10 nitrogen and oxygen atoms in total. The first-order valence-corrected chi connectivity index (χ1v) is 12.4. The summed E-state index contributed by atoms with van der Waals surface area (Å²) in [6, 6.07) is 16.4. The highest BCUT2D eigenvalue weighted by atomic mass is 32.2. The van der Waals surface area contributed by atoms with Gasteiger partial charge in [0.1, 0.15) is 18.0 Å². The monoisotopic (exact) mass is 513 g/mol. The molecule has 3 rings (SSSR count). The number of rotatable bonds is 10. The average molecular weight is 514 g/mol. The molecule has 36 heavy (non-hydrogen) atoms. The number of nitro groups is 1. The molecule has 0 fully saturated rings. The molecule has 0 radical (unpaired) electrons. The Bertz CT molecular complexity index is 1360. The molecule has 0 saturated heterocycles. The fraction of sp³-hybridized carbons (Fsp3) is 0.240. The molecule has 3 aromatic carbocycles. The van der Waals surface area contributed by atoms with Crippen LogP contribution in [-0.2, 0) is 14.8 Å². The zero-order valence-electron chi connectivity index (χ0n) is 20.3. The number of carbonyl (C=O) groups is 1. The summed E-state index contributed by atoms with van der Waals surface area (Å²) in [5.74, 6) is 0.502. The van der Waals surface area contributed by atoms with E-state index in [4.69, 9.17) is 9.47 Å². The first-order valence-electron chi connectivity index (χ1n) is 10.9. The van der Waals surface area contributed by atoms with E-state index in [9.17, 15) is 23.3 Å². The summed E-state index contributed by atoms with van der Waals surface area (Å²) >= 11 is 0. The molecule has 0 aliphatic rings. The van der Waals surface area contributed by atoms with Crippen LogP contribution in [0.5, 0.6) is 11.5 Å². The smallest absolute Gasteiger partial charge is 0.273 e. The Kier molecular flexibility index (Phi) is 8.15. The number of hydrogen-bond donors (Lipinski definition) is 1. The number of benzene rings is 3. The number of nitrogens with one attached hydrogen (secondary N) is 1. The van der Waals surface area contributed by atoms with E-state index >= 15 is 0 Å². The Morgan fingerprint density at radius 2 is 1.72 bits per heavy atom. The van der Waals surface area contributed by atoms with E-state index in [2.05, 4.69) is 5.32 Å². The SMILES string of the molecule is COc1ccc(N(CC(=O)N[C@@H](C)c2ccccc2OC)S(=O)(=O)c2ccc(C)c([N+](=O)[O-])c2)cc1. The maximum absolute atomic E-state index is 13.6. The first kappa shape index (κ1) is 26.5. The number of nitrogens with zero attached hydrogens (tertiary/aromatic N) is 2. The van der Waals surface area contributed by atoms with Gasteiger partial charge in [0, 0.05) is 17.2 Å². The number of anilines is 1. The zero-order valence-corrected chi connectivity index (χ0v) is 21.1. The molecule has 3 aromatic rings. The van der Waals surface area contributed by atoms with Crippen molar-refractivity contribution in [2.45, 2.75) is 24.8 Å². The minimum Gasteiger partial charge on any atom is -0.497 e. The van der Waals surface area contributed by atoms with E-state index < -0.39 is 33.4 Å². The minimum absolute atomic E-state index is 0.194. The van der Waals surface area contributed by atoms with Gasteiger partial charge in [-0.2, -0.15) is 0 Å². The molecule has 0 unspecified atom stereocenters. The fourth-order valence-electron chi connectivity index (χ4n) is 3.66. The normalized spacial score (nSPS) is 11.9. The number of sulfonamides is 1. The van der Waals surface area contributed by atoms with Gasteiger partial charge in [0.05, 0.1) is 35.8 Å². The zero-order chi connectivity index (χ0) is 26.5. The van der Waals surface area contributed by atoms with Crippen LogP contribution in [0.1, 0.15) is 24.1 Å². The van der Waals surface area contributed by atoms with Gasteiger partial charge in [0.25, 0.3) is 15.7 Å². The molecule has 0 aliphatic carbocycles. The average Bonchev–Trinajstić information content (AvgIpc) is 2.87. The summed E-state index contributed by atoms with van der Waals surface area (Å²) < 4.78 is 38.7. The maximum atomic E-state index is 13.6. The lowest BCUT2D eigenvalue weighted by Crippen LogP contribution is -2.41. The number of methoxy groups -OCH3 is 2. The molecule has 190 valence electrons. The van der Waals surface area contributed by atoms with Gasteiger partial charge < -0.3 is 14.8 Å². The van der Waals surface area contributed by atoms with Gasteiger partial charge >= 0.3 is 0 Å². The van der Waals surface area contributed by atoms with Crippen LogP contribution in [0.15, 0.2) is 71.6 Å². The molecule has 0 bridgehead atoms. The van der Waals surface area contributed by atoms with Crippen molar-refractivity contribution in [1.82, 2.24) is 5.32 Å². The Morgan fingerprint density at radius 1 is 1.06 bits per heavy atom. The summed E-state index contributed by atoms with van der Waals surface area (Å²) in [5.41, 5.74) is 0.902. The van der Waals surface area contributed by atoms with Crippen molar-refractivity contribution in [2.24, 2.45) is 0 Å². The second kappa shape index (κ2) is 11.1. The van der Waals surface area contributed by atoms with Crippen molar-refractivity contribution < 1.29 is 27.6 Å². The highest BCUT2D eigenvalue weighted by Crippen LogP contribution is 2.29. The molecular formula is C25H27N3O7S. The number of amides is 1. The number of nitro benzene ring substituents is 1.